The number of rotatable bonds is 9. The van der Waals surface area contributed by atoms with Crippen LogP contribution < -0.4 is 0 Å². The maximum atomic E-state index is 3.88. The maximum absolute atomic E-state index is 3.88. The van der Waals surface area contributed by atoms with E-state index < -0.39 is 0 Å². The molecule has 0 saturated heterocycles. The Morgan fingerprint density at radius 2 is 0.875 bits per heavy atom. The molecule has 0 aliphatic rings. The molecule has 6 aromatic carbocycles. The molecular formula is C44H38Br2N2. The van der Waals surface area contributed by atoms with Crippen LogP contribution in [0.25, 0.3) is 66.1 Å². The quantitative estimate of drug-likeness (QED) is 0.139. The molecule has 2 heterocycles. The van der Waals surface area contributed by atoms with Gasteiger partial charge in [-0.2, -0.15) is 0 Å². The van der Waals surface area contributed by atoms with Crippen molar-refractivity contribution in [2.45, 2.75) is 52.4 Å². The highest BCUT2D eigenvalue weighted by molar-refractivity contribution is 9.11. The fourth-order valence-corrected chi connectivity index (χ4v) is 8.45. The van der Waals surface area contributed by atoms with Gasteiger partial charge in [-0.25, -0.2) is 0 Å². The normalized spacial score (nSPS) is 11.8. The van der Waals surface area contributed by atoms with E-state index in [1.165, 1.54) is 91.5 Å². The summed E-state index contributed by atoms with van der Waals surface area (Å²) in [6.07, 6.45) is 7.08. The minimum Gasteiger partial charge on any atom is -0.308 e. The number of hydrogen-bond acceptors (Lipinski definition) is 0. The molecule has 48 heavy (non-hydrogen) atoms. The molecule has 0 aliphatic heterocycles. The molecule has 0 spiro atoms. The van der Waals surface area contributed by atoms with Gasteiger partial charge >= 0.3 is 0 Å². The third kappa shape index (κ3) is 5.40. The second-order valence-electron chi connectivity index (χ2n) is 12.9. The monoisotopic (exact) mass is 752 g/mol. The lowest BCUT2D eigenvalue weighted by molar-refractivity contribution is 0.796. The highest BCUT2D eigenvalue weighted by Crippen LogP contribution is 2.39. The van der Waals surface area contributed by atoms with Crippen molar-refractivity contribution in [3.63, 3.8) is 0 Å². The first-order valence-electron chi connectivity index (χ1n) is 17.2. The molecule has 2 aromatic heterocycles. The molecule has 0 aliphatic carbocycles. The lowest BCUT2D eigenvalue weighted by atomic mass is 10.0. The zero-order valence-corrected chi connectivity index (χ0v) is 30.6. The van der Waals surface area contributed by atoms with Crippen molar-refractivity contribution in [2.24, 2.45) is 0 Å². The second-order valence-corrected chi connectivity index (χ2v) is 14.7. The van der Waals surface area contributed by atoms with E-state index in [0.29, 0.717) is 0 Å². The van der Waals surface area contributed by atoms with Crippen molar-refractivity contribution in [1.82, 2.24) is 9.13 Å². The van der Waals surface area contributed by atoms with Gasteiger partial charge in [0.1, 0.15) is 0 Å². The van der Waals surface area contributed by atoms with Crippen molar-refractivity contribution >= 4 is 75.5 Å². The van der Waals surface area contributed by atoms with Crippen LogP contribution in [0.15, 0.2) is 130 Å². The fraction of sp³-hybridized carbons (Fsp3) is 0.182. The highest BCUT2D eigenvalue weighted by Gasteiger charge is 2.17. The molecule has 4 heteroatoms. The Balaban J connectivity index is 1.16. The van der Waals surface area contributed by atoms with Crippen LogP contribution in [0.5, 0.6) is 0 Å². The van der Waals surface area contributed by atoms with Gasteiger partial charge in [0.2, 0.25) is 0 Å². The molecule has 0 radical (unpaired) electrons. The Bertz CT molecular complexity index is 2260. The molecule has 0 fully saturated rings. The van der Waals surface area contributed by atoms with Crippen molar-refractivity contribution in [3.05, 3.63) is 141 Å². The van der Waals surface area contributed by atoms with E-state index in [4.69, 9.17) is 0 Å². The Morgan fingerprint density at radius 3 is 1.27 bits per heavy atom. The Kier molecular flexibility index (Phi) is 8.48. The van der Waals surface area contributed by atoms with Crippen LogP contribution in [0.1, 0.15) is 50.7 Å². The molecule has 0 saturated carbocycles. The first-order valence-corrected chi connectivity index (χ1v) is 18.8. The van der Waals surface area contributed by atoms with Gasteiger partial charge in [-0.3, -0.25) is 0 Å². The summed E-state index contributed by atoms with van der Waals surface area (Å²) in [5.41, 5.74) is 12.5. The van der Waals surface area contributed by atoms with Crippen molar-refractivity contribution in [2.75, 3.05) is 0 Å². The number of fused-ring (bicyclic) bond motifs is 6. The second kappa shape index (κ2) is 13.1. The topological polar surface area (TPSA) is 9.86 Å². The minimum atomic E-state index is 1.11. The molecule has 0 N–H and O–H groups in total. The van der Waals surface area contributed by atoms with E-state index in [9.17, 15) is 0 Å². The van der Waals surface area contributed by atoms with E-state index in [2.05, 4.69) is 176 Å². The molecule has 238 valence electrons. The number of nitrogens with zero attached hydrogens (tertiary/aromatic N) is 2. The van der Waals surface area contributed by atoms with Crippen LogP contribution in [-0.2, 0) is 12.8 Å². The van der Waals surface area contributed by atoms with Gasteiger partial charge in [0.05, 0.1) is 22.1 Å². The van der Waals surface area contributed by atoms with Crippen LogP contribution in [0.4, 0.5) is 0 Å². The van der Waals surface area contributed by atoms with Crippen molar-refractivity contribution in [3.8, 4) is 22.5 Å². The zero-order chi connectivity index (χ0) is 32.8. The average Bonchev–Trinajstić information content (AvgIpc) is 3.64. The van der Waals surface area contributed by atoms with E-state index in [-0.39, 0.29) is 0 Å². The van der Waals surface area contributed by atoms with Gasteiger partial charge in [-0.05, 0) is 140 Å². The van der Waals surface area contributed by atoms with Crippen molar-refractivity contribution < 1.29 is 0 Å². The Morgan fingerprint density at radius 1 is 0.458 bits per heavy atom. The fourth-order valence-electron chi connectivity index (χ4n) is 7.36. The molecule has 8 aromatic rings. The van der Waals surface area contributed by atoms with Crippen LogP contribution in [0, 0.1) is 0 Å². The average molecular weight is 755 g/mol. The predicted molar refractivity (Wildman–Crippen MR) is 213 cm³/mol. The van der Waals surface area contributed by atoms with Gasteiger partial charge in [0, 0.05) is 41.9 Å². The maximum Gasteiger partial charge on any atom is 0.0683 e. The third-order valence-corrected chi connectivity index (χ3v) is 11.1. The highest BCUT2D eigenvalue weighted by atomic mass is 79.9. The third-order valence-electron chi connectivity index (χ3n) is 9.83. The standard InChI is InChI=1S/C44H38Br2N2/c1-3-5-9-29-15-25-41-37(27-29)35-11-7-13-39(45)43(35)47(41)33-21-17-31(18-22-33)32-19-23-34(24-20-32)48-42-26-16-30(10-6-4-2)28-38(42)36-12-8-14-40(46)44(36)48/h7-8,11-28H,3-6,9-10H2,1-2H3. The number of aromatic nitrogens is 2. The Hall–Kier alpha value is -4.12. The predicted octanol–water partition coefficient (Wildman–Crippen LogP) is 13.8. The summed E-state index contributed by atoms with van der Waals surface area (Å²) in [6.45, 7) is 4.52. The number of aryl methyl sites for hydroxylation is 2. The van der Waals surface area contributed by atoms with Gasteiger partial charge in [-0.1, -0.05) is 87.4 Å². The summed E-state index contributed by atoms with van der Waals surface area (Å²) in [5, 5.41) is 5.19. The summed E-state index contributed by atoms with van der Waals surface area (Å²) in [4.78, 5) is 0. The van der Waals surface area contributed by atoms with Gasteiger partial charge < -0.3 is 9.13 Å². The van der Waals surface area contributed by atoms with E-state index in [1.54, 1.807) is 0 Å². The molecule has 0 atom stereocenters. The number of para-hydroxylation sites is 2. The number of halogens is 2. The lowest BCUT2D eigenvalue weighted by Crippen LogP contribution is -1.96. The largest absolute Gasteiger partial charge is 0.308 e. The number of hydrogen-bond donors (Lipinski definition) is 0. The summed E-state index contributed by atoms with van der Waals surface area (Å²) < 4.78 is 7.03. The first-order chi connectivity index (χ1) is 23.6. The summed E-state index contributed by atoms with van der Waals surface area (Å²) in [7, 11) is 0. The van der Waals surface area contributed by atoms with E-state index in [1.807, 2.05) is 0 Å². The van der Waals surface area contributed by atoms with Crippen LogP contribution >= 0.6 is 31.9 Å². The Labute approximate surface area is 299 Å². The summed E-state index contributed by atoms with van der Waals surface area (Å²) in [5.74, 6) is 0. The molecule has 8 rings (SSSR count). The van der Waals surface area contributed by atoms with Crippen LogP contribution in [0.3, 0.4) is 0 Å². The van der Waals surface area contributed by atoms with E-state index >= 15 is 0 Å². The lowest BCUT2D eigenvalue weighted by Gasteiger charge is -2.12. The van der Waals surface area contributed by atoms with Gasteiger partial charge in [0.15, 0.2) is 0 Å². The summed E-state index contributed by atoms with van der Waals surface area (Å²) >= 11 is 7.76. The SMILES string of the molecule is CCCCc1ccc2c(c1)c1cccc(Br)c1n2-c1ccc(-c2ccc(-n3c4ccc(CCCC)cc4c4cccc(Br)c43)cc2)cc1. The first kappa shape index (κ1) is 31.2. The molecule has 0 unspecified atom stereocenters. The van der Waals surface area contributed by atoms with Crippen LogP contribution in [-0.4, -0.2) is 9.13 Å². The molecule has 0 bridgehead atoms. The van der Waals surface area contributed by atoms with Crippen LogP contribution in [0.2, 0.25) is 0 Å². The number of unbranched alkanes of at least 4 members (excludes halogenated alkanes) is 2. The molecule has 2 nitrogen and oxygen atoms in total. The van der Waals surface area contributed by atoms with Gasteiger partial charge in [-0.15, -0.1) is 0 Å². The summed E-state index contributed by atoms with van der Waals surface area (Å²) in [6, 6.07) is 45.1. The molecule has 0 amide bonds. The minimum absolute atomic E-state index is 1.11. The van der Waals surface area contributed by atoms with Crippen molar-refractivity contribution in [1.29, 1.82) is 0 Å². The molecular weight excluding hydrogens is 716 g/mol. The van der Waals surface area contributed by atoms with Gasteiger partial charge in [0.25, 0.3) is 0 Å². The smallest absolute Gasteiger partial charge is 0.0683 e. The zero-order valence-electron chi connectivity index (χ0n) is 27.4. The van der Waals surface area contributed by atoms with E-state index in [0.717, 1.165) is 33.2 Å². The number of benzene rings is 6.